The summed E-state index contributed by atoms with van der Waals surface area (Å²) < 4.78 is 4.83. The third-order valence-electron chi connectivity index (χ3n) is 4.31. The molecule has 2 heteroatoms. The van der Waals surface area contributed by atoms with Crippen LogP contribution >= 0.6 is 0 Å². The van der Waals surface area contributed by atoms with Gasteiger partial charge in [0, 0.05) is 0 Å². The van der Waals surface area contributed by atoms with E-state index in [1.165, 1.54) is 39.2 Å². The molecule has 0 amide bonds. The largest absolute Gasteiger partial charge is 0.469 e. The summed E-state index contributed by atoms with van der Waals surface area (Å²) in [6.07, 6.45) is 8.40. The van der Waals surface area contributed by atoms with Crippen LogP contribution in [0, 0.1) is 23.7 Å². The smallest absolute Gasteiger partial charge is 0.308 e. The third-order valence-corrected chi connectivity index (χ3v) is 4.31. The second-order valence-corrected chi connectivity index (χ2v) is 6.79. The molecule has 0 bridgehead atoms. The predicted octanol–water partition coefficient (Wildman–Crippen LogP) is 5.45. The molecule has 0 aromatic carbocycles. The van der Waals surface area contributed by atoms with E-state index in [2.05, 4.69) is 34.6 Å². The number of methoxy groups -OCH3 is 1. The summed E-state index contributed by atoms with van der Waals surface area (Å²) in [4.78, 5) is 11.4. The zero-order chi connectivity index (χ0) is 15.5. The number of rotatable bonds is 5. The fourth-order valence-corrected chi connectivity index (χ4v) is 2.92. The molecule has 1 unspecified atom stereocenters. The van der Waals surface area contributed by atoms with Crippen molar-refractivity contribution in [3.8, 4) is 0 Å². The van der Waals surface area contributed by atoms with Gasteiger partial charge < -0.3 is 4.74 Å². The molecule has 1 saturated carbocycles. The van der Waals surface area contributed by atoms with Crippen LogP contribution in [0.25, 0.3) is 0 Å². The van der Waals surface area contributed by atoms with E-state index in [0.717, 1.165) is 30.6 Å². The van der Waals surface area contributed by atoms with Crippen LogP contribution in [0.15, 0.2) is 0 Å². The van der Waals surface area contributed by atoms with Gasteiger partial charge in [0.25, 0.3) is 0 Å². The molecule has 2 nitrogen and oxygen atoms in total. The van der Waals surface area contributed by atoms with E-state index < -0.39 is 0 Å². The van der Waals surface area contributed by atoms with Crippen LogP contribution in [-0.2, 0) is 9.53 Å². The highest BCUT2D eigenvalue weighted by Gasteiger charge is 2.29. The van der Waals surface area contributed by atoms with E-state index >= 15 is 0 Å². The van der Waals surface area contributed by atoms with Crippen LogP contribution in [0.4, 0.5) is 0 Å². The van der Waals surface area contributed by atoms with E-state index in [4.69, 9.17) is 4.74 Å². The van der Waals surface area contributed by atoms with Gasteiger partial charge in [0.1, 0.15) is 0 Å². The number of ether oxygens (including phenoxy) is 1. The maximum atomic E-state index is 11.4. The fourth-order valence-electron chi connectivity index (χ4n) is 2.92. The number of hydrogen-bond acceptors (Lipinski definition) is 2. The zero-order valence-electron chi connectivity index (χ0n) is 14.6. The Bertz CT molecular complexity index is 240. The molecule has 1 aliphatic rings. The van der Waals surface area contributed by atoms with Gasteiger partial charge in [-0.2, -0.15) is 0 Å². The van der Waals surface area contributed by atoms with E-state index in [-0.39, 0.29) is 11.9 Å². The molecular formula is C18H36O2. The highest BCUT2D eigenvalue weighted by atomic mass is 16.5. The number of esters is 1. The normalized spacial score (nSPS) is 23.8. The molecule has 1 fully saturated rings. The average Bonchev–Trinajstić information content (AvgIpc) is 2.45. The predicted molar refractivity (Wildman–Crippen MR) is 86.7 cm³/mol. The van der Waals surface area contributed by atoms with Gasteiger partial charge in [-0.25, -0.2) is 0 Å². The van der Waals surface area contributed by atoms with Gasteiger partial charge in [0.15, 0.2) is 0 Å². The molecule has 1 atom stereocenters. The van der Waals surface area contributed by atoms with Gasteiger partial charge in [-0.3, -0.25) is 4.79 Å². The SMILES string of the molecule is CCC.COC(=O)C1CCC(C(C)CCC(C)C)CC1. The van der Waals surface area contributed by atoms with Crippen molar-refractivity contribution in [2.45, 2.75) is 79.6 Å². The van der Waals surface area contributed by atoms with Crippen molar-refractivity contribution < 1.29 is 9.53 Å². The maximum absolute atomic E-state index is 11.4. The minimum Gasteiger partial charge on any atom is -0.469 e. The molecule has 1 rings (SSSR count). The van der Waals surface area contributed by atoms with Gasteiger partial charge in [-0.1, -0.05) is 53.9 Å². The van der Waals surface area contributed by atoms with Gasteiger partial charge >= 0.3 is 5.97 Å². The molecule has 1 aliphatic carbocycles. The van der Waals surface area contributed by atoms with Crippen LogP contribution in [-0.4, -0.2) is 13.1 Å². The Morgan fingerprint density at radius 3 is 1.95 bits per heavy atom. The average molecular weight is 284 g/mol. The first kappa shape index (κ1) is 19.5. The Balaban J connectivity index is 0.00000110. The third kappa shape index (κ3) is 7.91. The van der Waals surface area contributed by atoms with Crippen LogP contribution < -0.4 is 0 Å². The van der Waals surface area contributed by atoms with Crippen molar-refractivity contribution in [3.63, 3.8) is 0 Å². The van der Waals surface area contributed by atoms with Crippen molar-refractivity contribution in [2.24, 2.45) is 23.7 Å². The van der Waals surface area contributed by atoms with Crippen molar-refractivity contribution in [2.75, 3.05) is 7.11 Å². The fraction of sp³-hybridized carbons (Fsp3) is 0.944. The van der Waals surface area contributed by atoms with Gasteiger partial charge in [-0.05, 0) is 43.4 Å². The summed E-state index contributed by atoms with van der Waals surface area (Å²) in [5, 5.41) is 0. The van der Waals surface area contributed by atoms with Crippen molar-refractivity contribution in [3.05, 3.63) is 0 Å². The molecule has 0 N–H and O–H groups in total. The number of carbonyl (C=O) groups is 1. The lowest BCUT2D eigenvalue weighted by Gasteiger charge is -2.31. The lowest BCUT2D eigenvalue weighted by Crippen LogP contribution is -2.25. The number of hydrogen-bond donors (Lipinski definition) is 0. The summed E-state index contributed by atoms with van der Waals surface area (Å²) in [7, 11) is 1.50. The Morgan fingerprint density at radius 1 is 1.05 bits per heavy atom. The van der Waals surface area contributed by atoms with E-state index in [1.807, 2.05) is 0 Å². The number of carbonyl (C=O) groups excluding carboxylic acids is 1. The van der Waals surface area contributed by atoms with Crippen LogP contribution in [0.5, 0.6) is 0 Å². The first-order valence-electron chi connectivity index (χ1n) is 8.53. The molecule has 120 valence electrons. The first-order valence-corrected chi connectivity index (χ1v) is 8.53. The standard InChI is InChI=1S/C15H28O2.C3H8/c1-11(2)5-6-12(3)13-7-9-14(10-8-13)15(16)17-4;1-3-2/h11-14H,5-10H2,1-4H3;3H2,1-2H3. The van der Waals surface area contributed by atoms with Crippen molar-refractivity contribution >= 4 is 5.97 Å². The Labute approximate surface area is 126 Å². The maximum Gasteiger partial charge on any atom is 0.308 e. The molecule has 20 heavy (non-hydrogen) atoms. The summed E-state index contributed by atoms with van der Waals surface area (Å²) >= 11 is 0. The van der Waals surface area contributed by atoms with Crippen LogP contribution in [0.1, 0.15) is 79.6 Å². The molecule has 0 aromatic rings. The van der Waals surface area contributed by atoms with Crippen molar-refractivity contribution in [1.82, 2.24) is 0 Å². The first-order chi connectivity index (χ1) is 9.46. The minimum absolute atomic E-state index is 0.00159. The van der Waals surface area contributed by atoms with Crippen LogP contribution in [0.3, 0.4) is 0 Å². The lowest BCUT2D eigenvalue weighted by atomic mass is 9.74. The van der Waals surface area contributed by atoms with Gasteiger partial charge in [-0.15, -0.1) is 0 Å². The highest BCUT2D eigenvalue weighted by Crippen LogP contribution is 2.35. The Morgan fingerprint density at radius 2 is 1.55 bits per heavy atom. The Hall–Kier alpha value is -0.530. The zero-order valence-corrected chi connectivity index (χ0v) is 14.6. The van der Waals surface area contributed by atoms with Gasteiger partial charge in [0.05, 0.1) is 13.0 Å². The topological polar surface area (TPSA) is 26.3 Å². The molecular weight excluding hydrogens is 248 g/mol. The lowest BCUT2D eigenvalue weighted by molar-refractivity contribution is -0.147. The monoisotopic (exact) mass is 284 g/mol. The molecule has 0 heterocycles. The Kier molecular flexibility index (Phi) is 10.9. The molecule has 0 aromatic heterocycles. The summed E-state index contributed by atoms with van der Waals surface area (Å²) in [6.45, 7) is 11.2. The molecule has 0 spiro atoms. The van der Waals surface area contributed by atoms with Gasteiger partial charge in [0.2, 0.25) is 0 Å². The molecule has 0 aliphatic heterocycles. The summed E-state index contributed by atoms with van der Waals surface area (Å²) in [5.74, 6) is 2.63. The van der Waals surface area contributed by atoms with E-state index in [9.17, 15) is 4.79 Å². The van der Waals surface area contributed by atoms with E-state index in [0.29, 0.717) is 0 Å². The molecule has 0 saturated heterocycles. The summed E-state index contributed by atoms with van der Waals surface area (Å²) in [5.41, 5.74) is 0. The minimum atomic E-state index is -0.00159. The summed E-state index contributed by atoms with van der Waals surface area (Å²) in [6, 6.07) is 0. The quantitative estimate of drug-likeness (QED) is 0.627. The molecule has 0 radical (unpaired) electrons. The second-order valence-electron chi connectivity index (χ2n) is 6.79. The van der Waals surface area contributed by atoms with E-state index in [1.54, 1.807) is 0 Å². The van der Waals surface area contributed by atoms with Crippen LogP contribution in [0.2, 0.25) is 0 Å². The van der Waals surface area contributed by atoms with Crippen molar-refractivity contribution in [1.29, 1.82) is 0 Å². The highest BCUT2D eigenvalue weighted by molar-refractivity contribution is 5.72. The second kappa shape index (κ2) is 11.2.